The van der Waals surface area contributed by atoms with E-state index in [0.717, 1.165) is 31.7 Å². The van der Waals surface area contributed by atoms with Crippen LogP contribution in [0.3, 0.4) is 0 Å². The molecule has 2 N–H and O–H groups in total. The minimum atomic E-state index is -0.776. The number of amides is 1. The van der Waals surface area contributed by atoms with E-state index in [9.17, 15) is 9.59 Å². The highest BCUT2D eigenvalue weighted by molar-refractivity contribution is 5.76. The molecule has 0 aromatic rings. The fourth-order valence-corrected chi connectivity index (χ4v) is 3.79. The van der Waals surface area contributed by atoms with E-state index in [1.54, 1.807) is 0 Å². The van der Waals surface area contributed by atoms with Gasteiger partial charge in [0.2, 0.25) is 5.91 Å². The Hall–Kier alpha value is -1.10. The van der Waals surface area contributed by atoms with Crippen LogP contribution in [-0.4, -0.2) is 47.1 Å². The lowest BCUT2D eigenvalue weighted by Crippen LogP contribution is -2.54. The maximum Gasteiger partial charge on any atom is 0.317 e. The summed E-state index contributed by atoms with van der Waals surface area (Å²) < 4.78 is 0. The molecular formula is C17H30N2O3. The molecule has 0 heterocycles. The predicted molar refractivity (Wildman–Crippen MR) is 85.6 cm³/mol. The van der Waals surface area contributed by atoms with Crippen molar-refractivity contribution < 1.29 is 14.7 Å². The van der Waals surface area contributed by atoms with Gasteiger partial charge in [-0.25, -0.2) is 0 Å². The lowest BCUT2D eigenvalue weighted by Gasteiger charge is -2.42. The van der Waals surface area contributed by atoms with Crippen LogP contribution < -0.4 is 5.32 Å². The number of carbonyl (C=O) groups is 2. The molecule has 2 saturated carbocycles. The number of likely N-dealkylation sites (N-methyl/N-ethyl adjacent to an activating group) is 1. The normalized spacial score (nSPS) is 25.7. The molecule has 0 aromatic carbocycles. The molecule has 2 aliphatic carbocycles. The van der Waals surface area contributed by atoms with Crippen LogP contribution in [0.2, 0.25) is 0 Å². The molecule has 0 spiro atoms. The van der Waals surface area contributed by atoms with E-state index in [0.29, 0.717) is 12.5 Å². The van der Waals surface area contributed by atoms with Gasteiger partial charge in [0.15, 0.2) is 0 Å². The quantitative estimate of drug-likeness (QED) is 0.722. The van der Waals surface area contributed by atoms with Crippen molar-refractivity contribution in [3.63, 3.8) is 0 Å². The standard InChI is InChI=1S/C17H30N2O3/c1-2-19(12-17(21)22)15-10-14(11-15)18-16(20)9-8-13-6-4-3-5-7-13/h13-15H,2-12H2,1H3,(H,18,20)(H,21,22). The number of carbonyl (C=O) groups excluding carboxylic acids is 1. The Balaban J connectivity index is 1.60. The molecule has 2 rings (SSSR count). The van der Waals surface area contributed by atoms with Crippen molar-refractivity contribution in [1.29, 1.82) is 0 Å². The molecule has 2 aliphatic rings. The number of carboxylic acids is 1. The largest absolute Gasteiger partial charge is 0.480 e. The van der Waals surface area contributed by atoms with E-state index in [1.807, 2.05) is 11.8 Å². The summed E-state index contributed by atoms with van der Waals surface area (Å²) in [6.45, 7) is 2.84. The third-order valence-corrected chi connectivity index (χ3v) is 5.24. The van der Waals surface area contributed by atoms with E-state index in [4.69, 9.17) is 5.11 Å². The molecule has 126 valence electrons. The van der Waals surface area contributed by atoms with Crippen molar-refractivity contribution >= 4 is 11.9 Å². The fraction of sp³-hybridized carbons (Fsp3) is 0.882. The molecule has 2 fully saturated rings. The maximum atomic E-state index is 12.0. The second-order valence-electron chi connectivity index (χ2n) is 6.89. The predicted octanol–water partition coefficient (Wildman–Crippen LogP) is 2.40. The number of hydrogen-bond donors (Lipinski definition) is 2. The third-order valence-electron chi connectivity index (χ3n) is 5.24. The first-order valence-electron chi connectivity index (χ1n) is 8.83. The zero-order valence-electron chi connectivity index (χ0n) is 13.7. The van der Waals surface area contributed by atoms with Gasteiger partial charge in [-0.05, 0) is 31.7 Å². The van der Waals surface area contributed by atoms with Crippen LogP contribution in [-0.2, 0) is 9.59 Å². The molecule has 5 nitrogen and oxygen atoms in total. The minimum absolute atomic E-state index is 0.101. The summed E-state index contributed by atoms with van der Waals surface area (Å²) in [6.07, 6.45) is 10.0. The monoisotopic (exact) mass is 310 g/mol. The van der Waals surface area contributed by atoms with E-state index in [-0.39, 0.29) is 18.5 Å². The summed E-state index contributed by atoms with van der Waals surface area (Å²) >= 11 is 0. The fourth-order valence-electron chi connectivity index (χ4n) is 3.79. The molecular weight excluding hydrogens is 280 g/mol. The van der Waals surface area contributed by atoms with Gasteiger partial charge in [-0.3, -0.25) is 14.5 Å². The van der Waals surface area contributed by atoms with Gasteiger partial charge in [-0.15, -0.1) is 0 Å². The molecule has 5 heteroatoms. The van der Waals surface area contributed by atoms with Gasteiger partial charge in [0, 0.05) is 18.5 Å². The van der Waals surface area contributed by atoms with Gasteiger partial charge in [-0.2, -0.15) is 0 Å². The van der Waals surface area contributed by atoms with Crippen LogP contribution in [0, 0.1) is 5.92 Å². The highest BCUT2D eigenvalue weighted by Crippen LogP contribution is 2.28. The van der Waals surface area contributed by atoms with Gasteiger partial charge in [0.25, 0.3) is 0 Å². The summed E-state index contributed by atoms with van der Waals surface area (Å²) in [6, 6.07) is 0.552. The zero-order chi connectivity index (χ0) is 15.9. The van der Waals surface area contributed by atoms with Crippen LogP contribution in [0.25, 0.3) is 0 Å². The average molecular weight is 310 g/mol. The first kappa shape index (κ1) is 17.3. The molecule has 0 saturated heterocycles. The van der Waals surface area contributed by atoms with Crippen LogP contribution in [0.5, 0.6) is 0 Å². The van der Waals surface area contributed by atoms with Crippen LogP contribution in [0.15, 0.2) is 0 Å². The van der Waals surface area contributed by atoms with E-state index >= 15 is 0 Å². The summed E-state index contributed by atoms with van der Waals surface area (Å²) in [7, 11) is 0. The van der Waals surface area contributed by atoms with Gasteiger partial charge < -0.3 is 10.4 Å². The smallest absolute Gasteiger partial charge is 0.317 e. The number of aliphatic carboxylic acids is 1. The van der Waals surface area contributed by atoms with Crippen molar-refractivity contribution in [3.05, 3.63) is 0 Å². The molecule has 0 aliphatic heterocycles. The van der Waals surface area contributed by atoms with Gasteiger partial charge in [-0.1, -0.05) is 39.0 Å². The van der Waals surface area contributed by atoms with Crippen molar-refractivity contribution in [2.24, 2.45) is 5.92 Å². The molecule has 0 radical (unpaired) electrons. The van der Waals surface area contributed by atoms with Crippen molar-refractivity contribution in [2.75, 3.05) is 13.1 Å². The Labute approximate surface area is 133 Å². The van der Waals surface area contributed by atoms with Crippen molar-refractivity contribution in [2.45, 2.75) is 76.8 Å². The second kappa shape index (κ2) is 8.51. The van der Waals surface area contributed by atoms with Crippen LogP contribution in [0.1, 0.15) is 64.7 Å². The summed E-state index contributed by atoms with van der Waals surface area (Å²) in [5.74, 6) is 0.150. The van der Waals surface area contributed by atoms with Crippen molar-refractivity contribution in [3.8, 4) is 0 Å². The van der Waals surface area contributed by atoms with E-state index < -0.39 is 5.97 Å². The number of rotatable bonds is 8. The summed E-state index contributed by atoms with van der Waals surface area (Å²) in [5, 5.41) is 12.0. The third kappa shape index (κ3) is 5.27. The molecule has 0 unspecified atom stereocenters. The van der Waals surface area contributed by atoms with Gasteiger partial charge >= 0.3 is 5.97 Å². The zero-order valence-corrected chi connectivity index (χ0v) is 13.7. The minimum Gasteiger partial charge on any atom is -0.480 e. The van der Waals surface area contributed by atoms with Gasteiger partial charge in [0.1, 0.15) is 0 Å². The Morgan fingerprint density at radius 2 is 1.86 bits per heavy atom. The maximum absolute atomic E-state index is 12.0. The molecule has 0 bridgehead atoms. The highest BCUT2D eigenvalue weighted by atomic mass is 16.4. The highest BCUT2D eigenvalue weighted by Gasteiger charge is 2.34. The number of nitrogens with one attached hydrogen (secondary N) is 1. The Bertz CT molecular complexity index is 374. The second-order valence-corrected chi connectivity index (χ2v) is 6.89. The molecule has 0 atom stereocenters. The van der Waals surface area contributed by atoms with Crippen LogP contribution in [0.4, 0.5) is 0 Å². The lowest BCUT2D eigenvalue weighted by molar-refractivity contribution is -0.139. The van der Waals surface area contributed by atoms with E-state index in [1.165, 1.54) is 32.1 Å². The lowest BCUT2D eigenvalue weighted by atomic mass is 9.84. The Morgan fingerprint density at radius 3 is 2.45 bits per heavy atom. The molecule has 1 amide bonds. The van der Waals surface area contributed by atoms with Gasteiger partial charge in [0.05, 0.1) is 6.54 Å². The summed E-state index contributed by atoms with van der Waals surface area (Å²) in [5.41, 5.74) is 0. The summed E-state index contributed by atoms with van der Waals surface area (Å²) in [4.78, 5) is 24.8. The van der Waals surface area contributed by atoms with Crippen LogP contribution >= 0.6 is 0 Å². The topological polar surface area (TPSA) is 69.6 Å². The van der Waals surface area contributed by atoms with Crippen molar-refractivity contribution in [1.82, 2.24) is 10.2 Å². The molecule has 0 aromatic heterocycles. The first-order chi connectivity index (χ1) is 10.6. The average Bonchev–Trinajstić information content (AvgIpc) is 2.47. The van der Waals surface area contributed by atoms with E-state index in [2.05, 4.69) is 5.32 Å². The Kier molecular flexibility index (Phi) is 6.68. The SMILES string of the molecule is CCN(CC(=O)O)C1CC(NC(=O)CCC2CCCCC2)C1. The number of carboxylic acid groups (broad SMARTS) is 1. The number of hydrogen-bond acceptors (Lipinski definition) is 3. The number of nitrogens with zero attached hydrogens (tertiary/aromatic N) is 1. The Morgan fingerprint density at radius 1 is 1.18 bits per heavy atom. The first-order valence-corrected chi connectivity index (χ1v) is 8.83. The molecule has 22 heavy (non-hydrogen) atoms.